The fourth-order valence-electron chi connectivity index (χ4n) is 3.90. The highest BCUT2D eigenvalue weighted by Crippen LogP contribution is 2.38. The van der Waals surface area contributed by atoms with Crippen molar-refractivity contribution in [1.82, 2.24) is 15.1 Å². The maximum absolute atomic E-state index is 12.8. The summed E-state index contributed by atoms with van der Waals surface area (Å²) in [5.41, 5.74) is 2.09. The predicted molar refractivity (Wildman–Crippen MR) is 126 cm³/mol. The van der Waals surface area contributed by atoms with Gasteiger partial charge in [0.1, 0.15) is 0 Å². The summed E-state index contributed by atoms with van der Waals surface area (Å²) in [6.45, 7) is 3.53. The average molecular weight is 467 g/mol. The van der Waals surface area contributed by atoms with Gasteiger partial charge in [-0.2, -0.15) is 5.26 Å². The summed E-state index contributed by atoms with van der Waals surface area (Å²) in [6, 6.07) is 12.8. The Kier molecular flexibility index (Phi) is 8.71. The molecule has 0 bridgehead atoms. The number of benzene rings is 2. The van der Waals surface area contributed by atoms with Crippen molar-refractivity contribution in [1.29, 1.82) is 5.26 Å². The van der Waals surface area contributed by atoms with Crippen LogP contribution in [0.2, 0.25) is 0 Å². The molecule has 0 atom stereocenters. The van der Waals surface area contributed by atoms with Crippen molar-refractivity contribution >= 4 is 11.8 Å². The molecular weight excluding hydrogens is 436 g/mol. The lowest BCUT2D eigenvalue weighted by molar-refractivity contribution is -0.130. The van der Waals surface area contributed by atoms with Gasteiger partial charge in [0.25, 0.3) is 5.91 Å². The number of nitrogens with one attached hydrogen (secondary N) is 1. The van der Waals surface area contributed by atoms with Gasteiger partial charge in [0.05, 0.1) is 39.5 Å². The van der Waals surface area contributed by atoms with Crippen LogP contribution in [-0.2, 0) is 11.3 Å². The zero-order valence-electron chi connectivity index (χ0n) is 19.8. The van der Waals surface area contributed by atoms with Gasteiger partial charge in [-0.15, -0.1) is 0 Å². The molecule has 1 fully saturated rings. The number of hydrogen-bond acceptors (Lipinski definition) is 7. The fraction of sp³-hybridized carbons (Fsp3) is 0.400. The molecule has 1 saturated heterocycles. The third-order valence-electron chi connectivity index (χ3n) is 5.76. The number of rotatable bonds is 8. The van der Waals surface area contributed by atoms with Crippen molar-refractivity contribution in [3.8, 4) is 23.3 Å². The van der Waals surface area contributed by atoms with Gasteiger partial charge in [-0.3, -0.25) is 14.5 Å². The second kappa shape index (κ2) is 11.9. The van der Waals surface area contributed by atoms with E-state index in [2.05, 4.69) is 16.3 Å². The van der Waals surface area contributed by atoms with E-state index in [0.29, 0.717) is 41.5 Å². The van der Waals surface area contributed by atoms with E-state index >= 15 is 0 Å². The molecule has 0 saturated carbocycles. The van der Waals surface area contributed by atoms with E-state index in [1.807, 2.05) is 24.3 Å². The van der Waals surface area contributed by atoms with Crippen LogP contribution in [0.1, 0.15) is 27.9 Å². The maximum atomic E-state index is 12.8. The largest absolute Gasteiger partial charge is 0.493 e. The Labute approximate surface area is 199 Å². The van der Waals surface area contributed by atoms with Gasteiger partial charge in [-0.1, -0.05) is 12.1 Å². The van der Waals surface area contributed by atoms with Crippen molar-refractivity contribution in [3.63, 3.8) is 0 Å². The summed E-state index contributed by atoms with van der Waals surface area (Å²) in [4.78, 5) is 29.5. The first-order valence-corrected chi connectivity index (χ1v) is 11.1. The van der Waals surface area contributed by atoms with Gasteiger partial charge in [0.2, 0.25) is 11.7 Å². The summed E-state index contributed by atoms with van der Waals surface area (Å²) < 4.78 is 15.9. The fourth-order valence-corrected chi connectivity index (χ4v) is 3.90. The molecule has 180 valence electrons. The molecule has 2 amide bonds. The molecule has 2 aromatic rings. The van der Waals surface area contributed by atoms with Crippen LogP contribution in [0.4, 0.5) is 0 Å². The summed E-state index contributed by atoms with van der Waals surface area (Å²) in [5, 5.41) is 11.6. The Balaban J connectivity index is 1.54. The molecule has 9 heteroatoms. The molecule has 2 aromatic carbocycles. The number of ether oxygens (including phenoxy) is 3. The molecule has 34 heavy (non-hydrogen) atoms. The second-order valence-corrected chi connectivity index (χ2v) is 7.92. The number of carbonyl (C=O) groups excluding carboxylic acids is 2. The highest BCUT2D eigenvalue weighted by Gasteiger charge is 2.21. The third kappa shape index (κ3) is 6.17. The number of nitriles is 1. The minimum absolute atomic E-state index is 0.0921. The standard InChI is InChI=1S/C25H30N4O5/c1-32-21-13-20(14-22(33-2)24(21)34-3)25(31)27-16-23(30)29-10-4-9-28(11-12-29)17-19-7-5-18(15-26)6-8-19/h5-8,13-14H,4,9-12,16-17H2,1-3H3,(H,27,31). The molecule has 1 heterocycles. The smallest absolute Gasteiger partial charge is 0.251 e. The van der Waals surface area contributed by atoms with Crippen LogP contribution in [-0.4, -0.2) is 75.7 Å². The van der Waals surface area contributed by atoms with Gasteiger partial charge in [0.15, 0.2) is 11.5 Å². The second-order valence-electron chi connectivity index (χ2n) is 7.92. The van der Waals surface area contributed by atoms with Gasteiger partial charge in [-0.25, -0.2) is 0 Å². The molecule has 0 aliphatic carbocycles. The molecular formula is C25H30N4O5. The van der Waals surface area contributed by atoms with Crippen molar-refractivity contribution in [2.75, 3.05) is 54.1 Å². The minimum atomic E-state index is -0.398. The SMILES string of the molecule is COc1cc(C(=O)NCC(=O)N2CCCN(Cc3ccc(C#N)cc3)CC2)cc(OC)c1OC. The van der Waals surface area contributed by atoms with Gasteiger partial charge < -0.3 is 24.4 Å². The summed E-state index contributed by atoms with van der Waals surface area (Å²) in [6.07, 6.45) is 0.850. The monoisotopic (exact) mass is 466 g/mol. The lowest BCUT2D eigenvalue weighted by Gasteiger charge is -2.22. The van der Waals surface area contributed by atoms with Crippen LogP contribution < -0.4 is 19.5 Å². The Morgan fingerprint density at radius 2 is 1.65 bits per heavy atom. The number of methoxy groups -OCH3 is 3. The van der Waals surface area contributed by atoms with E-state index in [0.717, 1.165) is 31.6 Å². The Bertz CT molecular complexity index is 1020. The van der Waals surface area contributed by atoms with E-state index in [-0.39, 0.29) is 12.5 Å². The first-order chi connectivity index (χ1) is 16.5. The lowest BCUT2D eigenvalue weighted by Crippen LogP contribution is -2.42. The Morgan fingerprint density at radius 1 is 0.971 bits per heavy atom. The Morgan fingerprint density at radius 3 is 2.24 bits per heavy atom. The number of carbonyl (C=O) groups is 2. The third-order valence-corrected chi connectivity index (χ3v) is 5.76. The van der Waals surface area contributed by atoms with Crippen LogP contribution in [0.3, 0.4) is 0 Å². The predicted octanol–water partition coefficient (Wildman–Crippen LogP) is 2.05. The van der Waals surface area contributed by atoms with E-state index < -0.39 is 5.91 Å². The van der Waals surface area contributed by atoms with Crippen LogP contribution in [0.25, 0.3) is 0 Å². The van der Waals surface area contributed by atoms with Crippen molar-refractivity contribution < 1.29 is 23.8 Å². The van der Waals surface area contributed by atoms with E-state index in [1.54, 1.807) is 17.0 Å². The number of nitrogens with zero attached hydrogens (tertiary/aromatic N) is 3. The number of hydrogen-bond donors (Lipinski definition) is 1. The molecule has 1 aliphatic heterocycles. The normalized spacial score (nSPS) is 14.0. The van der Waals surface area contributed by atoms with Crippen LogP contribution in [0.5, 0.6) is 17.2 Å². The average Bonchev–Trinajstić information content (AvgIpc) is 3.12. The van der Waals surface area contributed by atoms with Crippen LogP contribution in [0.15, 0.2) is 36.4 Å². The first-order valence-electron chi connectivity index (χ1n) is 11.1. The topological polar surface area (TPSA) is 104 Å². The molecule has 9 nitrogen and oxygen atoms in total. The zero-order chi connectivity index (χ0) is 24.5. The highest BCUT2D eigenvalue weighted by atomic mass is 16.5. The first kappa shape index (κ1) is 24.9. The molecule has 0 unspecified atom stereocenters. The molecule has 0 spiro atoms. The van der Waals surface area contributed by atoms with Crippen molar-refractivity contribution in [3.05, 3.63) is 53.1 Å². The van der Waals surface area contributed by atoms with Crippen molar-refractivity contribution in [2.24, 2.45) is 0 Å². The Hall–Kier alpha value is -3.77. The van der Waals surface area contributed by atoms with Crippen LogP contribution in [0, 0.1) is 11.3 Å². The maximum Gasteiger partial charge on any atom is 0.251 e. The van der Waals surface area contributed by atoms with E-state index in [1.165, 1.54) is 21.3 Å². The van der Waals surface area contributed by atoms with Gasteiger partial charge in [-0.05, 0) is 36.2 Å². The lowest BCUT2D eigenvalue weighted by atomic mass is 10.1. The molecule has 0 aromatic heterocycles. The zero-order valence-corrected chi connectivity index (χ0v) is 19.8. The molecule has 0 radical (unpaired) electrons. The van der Waals surface area contributed by atoms with E-state index in [4.69, 9.17) is 19.5 Å². The van der Waals surface area contributed by atoms with Gasteiger partial charge >= 0.3 is 0 Å². The highest BCUT2D eigenvalue weighted by molar-refractivity contribution is 5.97. The van der Waals surface area contributed by atoms with E-state index in [9.17, 15) is 9.59 Å². The summed E-state index contributed by atoms with van der Waals surface area (Å²) in [7, 11) is 4.45. The quantitative estimate of drug-likeness (QED) is 0.635. The summed E-state index contributed by atoms with van der Waals surface area (Å²) in [5.74, 6) is 0.611. The molecule has 1 N–H and O–H groups in total. The molecule has 1 aliphatic rings. The molecule has 3 rings (SSSR count). The number of amides is 2. The minimum Gasteiger partial charge on any atom is -0.493 e. The van der Waals surface area contributed by atoms with Crippen molar-refractivity contribution in [2.45, 2.75) is 13.0 Å². The van der Waals surface area contributed by atoms with Crippen LogP contribution >= 0.6 is 0 Å². The van der Waals surface area contributed by atoms with Gasteiger partial charge in [0, 0.05) is 38.3 Å². The summed E-state index contributed by atoms with van der Waals surface area (Å²) >= 11 is 0.